The van der Waals surface area contributed by atoms with Crippen molar-refractivity contribution in [2.45, 2.75) is 6.92 Å². The highest BCUT2D eigenvalue weighted by molar-refractivity contribution is 9.10. The van der Waals surface area contributed by atoms with Gasteiger partial charge in [0.1, 0.15) is 27.6 Å². The van der Waals surface area contributed by atoms with E-state index in [4.69, 9.17) is 32.5 Å². The lowest BCUT2D eigenvalue weighted by molar-refractivity contribution is 0.0603. The van der Waals surface area contributed by atoms with Crippen LogP contribution in [0.5, 0.6) is 0 Å². The normalized spacial score (nSPS) is 10.8. The Hall–Kier alpha value is -2.65. The molecule has 0 atom stereocenters. The lowest BCUT2D eigenvalue weighted by Crippen LogP contribution is -2.15. The summed E-state index contributed by atoms with van der Waals surface area (Å²) in [5.74, 6) is -0.808. The van der Waals surface area contributed by atoms with E-state index < -0.39 is 11.9 Å². The van der Waals surface area contributed by atoms with Crippen molar-refractivity contribution < 1.29 is 18.8 Å². The monoisotopic (exact) mass is 564 g/mol. The maximum atomic E-state index is 13.3. The first kappa shape index (κ1) is 23.5. The molecule has 10 heteroatoms. The molecule has 1 N–H and O–H groups in total. The Bertz CT molecular complexity index is 1350. The molecule has 0 radical (unpaired) electrons. The second kappa shape index (κ2) is 9.69. The zero-order valence-electron chi connectivity index (χ0n) is 17.2. The zero-order chi connectivity index (χ0) is 23.7. The summed E-state index contributed by atoms with van der Waals surface area (Å²) >= 11 is 17.2. The number of rotatable bonds is 5. The van der Waals surface area contributed by atoms with Crippen LogP contribution < -0.4 is 5.32 Å². The molecule has 0 saturated heterocycles. The summed E-state index contributed by atoms with van der Waals surface area (Å²) in [6.07, 6.45) is 0. The van der Waals surface area contributed by atoms with Gasteiger partial charge in [-0.1, -0.05) is 62.5 Å². The van der Waals surface area contributed by atoms with E-state index in [1.807, 2.05) is 24.3 Å². The minimum atomic E-state index is -0.569. The third-order valence-electron chi connectivity index (χ3n) is 4.85. The van der Waals surface area contributed by atoms with Gasteiger partial charge in [0, 0.05) is 21.0 Å². The van der Waals surface area contributed by atoms with Crippen LogP contribution in [0.15, 0.2) is 56.8 Å². The molecule has 0 spiro atoms. The number of aryl methyl sites for hydroxylation is 1. The number of thiophene rings is 1. The molecule has 1 amide bonds. The number of nitrogens with one attached hydrogen (secondary N) is 1. The van der Waals surface area contributed by atoms with Gasteiger partial charge in [-0.15, -0.1) is 11.3 Å². The number of carbonyl (C=O) groups excluding carboxylic acids is 2. The fraction of sp³-hybridized carbons (Fsp3) is 0.0870. The molecule has 0 saturated carbocycles. The van der Waals surface area contributed by atoms with Crippen molar-refractivity contribution in [1.82, 2.24) is 5.16 Å². The average molecular weight is 566 g/mol. The zero-order valence-corrected chi connectivity index (χ0v) is 21.2. The van der Waals surface area contributed by atoms with Crippen molar-refractivity contribution in [3.8, 4) is 22.4 Å². The average Bonchev–Trinajstić information content (AvgIpc) is 3.37. The molecule has 0 unspecified atom stereocenters. The van der Waals surface area contributed by atoms with Gasteiger partial charge in [0.05, 0.1) is 17.2 Å². The smallest absolute Gasteiger partial charge is 0.341 e. The van der Waals surface area contributed by atoms with E-state index >= 15 is 0 Å². The van der Waals surface area contributed by atoms with Gasteiger partial charge >= 0.3 is 5.97 Å². The van der Waals surface area contributed by atoms with Gasteiger partial charge in [0.25, 0.3) is 5.91 Å². The highest BCUT2D eigenvalue weighted by atomic mass is 79.9. The lowest BCUT2D eigenvalue weighted by Gasteiger charge is -2.09. The number of methoxy groups -OCH3 is 1. The molecule has 0 bridgehead atoms. The van der Waals surface area contributed by atoms with Crippen LogP contribution in [0.2, 0.25) is 10.0 Å². The molecule has 2 heterocycles. The Morgan fingerprint density at radius 2 is 1.76 bits per heavy atom. The fourth-order valence-electron chi connectivity index (χ4n) is 3.30. The standard InChI is InChI=1S/C23H15BrCl2N2O4S/c1-11-17(20(28-32-11)19-15(25)4-3-5-16(19)26)21(29)27-22-18(23(30)31-2)14(10-33-22)12-6-8-13(24)9-7-12/h3-10H,1-2H3,(H,27,29). The number of halogens is 3. The first-order valence-corrected chi connectivity index (χ1v) is 11.9. The Labute approximate surface area is 211 Å². The molecule has 2 aromatic carbocycles. The van der Waals surface area contributed by atoms with Gasteiger partial charge in [0.15, 0.2) is 0 Å². The Kier molecular flexibility index (Phi) is 6.90. The molecular weight excluding hydrogens is 551 g/mol. The van der Waals surface area contributed by atoms with Crippen molar-refractivity contribution in [2.24, 2.45) is 0 Å². The molecule has 2 aromatic heterocycles. The summed E-state index contributed by atoms with van der Waals surface area (Å²) in [5.41, 5.74) is 2.47. The predicted molar refractivity (Wildman–Crippen MR) is 133 cm³/mol. The Balaban J connectivity index is 1.76. The van der Waals surface area contributed by atoms with Crippen molar-refractivity contribution in [2.75, 3.05) is 12.4 Å². The van der Waals surface area contributed by atoms with Gasteiger partial charge in [-0.25, -0.2) is 4.79 Å². The number of anilines is 1. The van der Waals surface area contributed by atoms with Crippen LogP contribution in [-0.2, 0) is 4.74 Å². The molecule has 4 rings (SSSR count). The minimum absolute atomic E-state index is 0.166. The highest BCUT2D eigenvalue weighted by Gasteiger charge is 2.28. The number of nitrogens with zero attached hydrogens (tertiary/aromatic N) is 1. The van der Waals surface area contributed by atoms with E-state index in [2.05, 4.69) is 26.4 Å². The van der Waals surface area contributed by atoms with Gasteiger partial charge in [-0.3, -0.25) is 4.79 Å². The highest BCUT2D eigenvalue weighted by Crippen LogP contribution is 2.39. The van der Waals surface area contributed by atoms with Crippen molar-refractivity contribution in [1.29, 1.82) is 0 Å². The van der Waals surface area contributed by atoms with E-state index in [0.717, 1.165) is 10.0 Å². The second-order valence-corrected chi connectivity index (χ2v) is 9.47. The number of hydrogen-bond donors (Lipinski definition) is 1. The molecule has 0 aliphatic carbocycles. The molecule has 0 fully saturated rings. The van der Waals surface area contributed by atoms with Crippen molar-refractivity contribution in [3.63, 3.8) is 0 Å². The van der Waals surface area contributed by atoms with Crippen LogP contribution in [0, 0.1) is 6.92 Å². The second-order valence-electron chi connectivity index (χ2n) is 6.87. The third kappa shape index (κ3) is 4.56. The molecule has 168 valence electrons. The number of benzene rings is 2. The summed E-state index contributed by atoms with van der Waals surface area (Å²) in [4.78, 5) is 25.9. The topological polar surface area (TPSA) is 81.4 Å². The number of aromatic nitrogens is 1. The maximum Gasteiger partial charge on any atom is 0.341 e. The van der Waals surface area contributed by atoms with Crippen LogP contribution in [0.1, 0.15) is 26.5 Å². The summed E-state index contributed by atoms with van der Waals surface area (Å²) < 4.78 is 11.2. The third-order valence-corrected chi connectivity index (χ3v) is 6.91. The molecule has 0 aliphatic heterocycles. The van der Waals surface area contributed by atoms with Crippen molar-refractivity contribution in [3.05, 3.63) is 79.2 Å². The summed E-state index contributed by atoms with van der Waals surface area (Å²) in [6, 6.07) is 12.5. The summed E-state index contributed by atoms with van der Waals surface area (Å²) in [6.45, 7) is 1.61. The van der Waals surface area contributed by atoms with Gasteiger partial charge in [-0.2, -0.15) is 0 Å². The first-order valence-electron chi connectivity index (χ1n) is 9.49. The molecule has 4 aromatic rings. The number of amides is 1. The van der Waals surface area contributed by atoms with Crippen LogP contribution in [-0.4, -0.2) is 24.1 Å². The lowest BCUT2D eigenvalue weighted by atomic mass is 10.0. The molecule has 33 heavy (non-hydrogen) atoms. The Morgan fingerprint density at radius 1 is 1.09 bits per heavy atom. The maximum absolute atomic E-state index is 13.3. The SMILES string of the molecule is COC(=O)c1c(-c2ccc(Br)cc2)csc1NC(=O)c1c(-c2c(Cl)cccc2Cl)noc1C. The van der Waals surface area contributed by atoms with Crippen molar-refractivity contribution >= 4 is 67.3 Å². The summed E-state index contributed by atoms with van der Waals surface area (Å²) in [5, 5.41) is 9.59. The van der Waals surface area contributed by atoms with Crippen LogP contribution >= 0.6 is 50.5 Å². The van der Waals surface area contributed by atoms with Crippen LogP contribution in [0.3, 0.4) is 0 Å². The first-order chi connectivity index (χ1) is 15.8. The van der Waals surface area contributed by atoms with E-state index in [1.54, 1.807) is 30.5 Å². The quantitative estimate of drug-likeness (QED) is 0.253. The van der Waals surface area contributed by atoms with E-state index in [1.165, 1.54) is 18.4 Å². The van der Waals surface area contributed by atoms with E-state index in [-0.39, 0.29) is 22.6 Å². The van der Waals surface area contributed by atoms with Gasteiger partial charge in [0.2, 0.25) is 0 Å². The minimum Gasteiger partial charge on any atom is -0.465 e. The van der Waals surface area contributed by atoms with Crippen LogP contribution in [0.4, 0.5) is 5.00 Å². The van der Waals surface area contributed by atoms with E-state index in [0.29, 0.717) is 26.2 Å². The number of hydrogen-bond acceptors (Lipinski definition) is 6. The van der Waals surface area contributed by atoms with E-state index in [9.17, 15) is 9.59 Å². The fourth-order valence-corrected chi connectivity index (χ4v) is 5.09. The van der Waals surface area contributed by atoms with Gasteiger partial charge in [-0.05, 0) is 36.8 Å². The number of carbonyl (C=O) groups is 2. The molecule has 6 nitrogen and oxygen atoms in total. The Morgan fingerprint density at radius 3 is 2.39 bits per heavy atom. The van der Waals surface area contributed by atoms with Crippen LogP contribution in [0.25, 0.3) is 22.4 Å². The predicted octanol–water partition coefficient (Wildman–Crippen LogP) is 7.49. The summed E-state index contributed by atoms with van der Waals surface area (Å²) in [7, 11) is 1.29. The van der Waals surface area contributed by atoms with Gasteiger partial charge < -0.3 is 14.6 Å². The largest absolute Gasteiger partial charge is 0.465 e. The number of esters is 1. The number of ether oxygens (including phenoxy) is 1. The molecular formula is C23H15BrCl2N2O4S. The molecule has 0 aliphatic rings.